The first-order chi connectivity index (χ1) is 11.5. The number of carbonyl (C=O) groups is 1. The van der Waals surface area contributed by atoms with E-state index in [1.165, 1.54) is 11.3 Å². The van der Waals surface area contributed by atoms with E-state index in [0.29, 0.717) is 6.54 Å². The van der Waals surface area contributed by atoms with Crippen molar-refractivity contribution in [1.29, 1.82) is 0 Å². The van der Waals surface area contributed by atoms with Gasteiger partial charge in [-0.25, -0.2) is 0 Å². The summed E-state index contributed by atoms with van der Waals surface area (Å²) >= 11 is 0. The van der Waals surface area contributed by atoms with Crippen molar-refractivity contribution >= 4 is 5.91 Å². The van der Waals surface area contributed by atoms with E-state index < -0.39 is 0 Å². The summed E-state index contributed by atoms with van der Waals surface area (Å²) in [6.07, 6.45) is 6.73. The van der Waals surface area contributed by atoms with Crippen LogP contribution in [0.5, 0.6) is 0 Å². The number of carbonyl (C=O) groups excluding carboxylic acids is 1. The first-order valence-corrected chi connectivity index (χ1v) is 8.53. The Morgan fingerprint density at radius 1 is 1.42 bits per heavy atom. The quantitative estimate of drug-likeness (QED) is 0.868. The Balaban J connectivity index is 1.62. The van der Waals surface area contributed by atoms with Crippen molar-refractivity contribution in [1.82, 2.24) is 29.8 Å². The summed E-state index contributed by atoms with van der Waals surface area (Å²) in [4.78, 5) is 14.2. The van der Waals surface area contributed by atoms with E-state index in [4.69, 9.17) is 0 Å². The molecule has 0 aliphatic carbocycles. The Morgan fingerprint density at radius 3 is 2.96 bits per heavy atom. The van der Waals surface area contributed by atoms with Gasteiger partial charge in [-0.15, -0.1) is 0 Å². The third-order valence-corrected chi connectivity index (χ3v) is 4.42. The molecule has 2 aromatic rings. The molecular formula is C17H26N6O. The van der Waals surface area contributed by atoms with Crippen LogP contribution in [-0.2, 0) is 24.9 Å². The van der Waals surface area contributed by atoms with Gasteiger partial charge in [-0.2, -0.15) is 10.2 Å². The van der Waals surface area contributed by atoms with Crippen molar-refractivity contribution in [3.8, 4) is 0 Å². The maximum atomic E-state index is 11.7. The molecule has 1 unspecified atom stereocenters. The van der Waals surface area contributed by atoms with Crippen molar-refractivity contribution in [2.24, 2.45) is 13.0 Å². The van der Waals surface area contributed by atoms with Gasteiger partial charge in [0.15, 0.2) is 0 Å². The molecule has 1 aliphatic heterocycles. The van der Waals surface area contributed by atoms with Crippen LogP contribution in [-0.4, -0.2) is 43.5 Å². The van der Waals surface area contributed by atoms with Gasteiger partial charge in [0.05, 0.1) is 17.9 Å². The highest BCUT2D eigenvalue weighted by atomic mass is 16.1. The van der Waals surface area contributed by atoms with E-state index in [1.54, 1.807) is 0 Å². The topological polar surface area (TPSA) is 68.0 Å². The number of amides is 1. The molecule has 2 aromatic heterocycles. The lowest BCUT2D eigenvalue weighted by Gasteiger charge is -2.33. The molecule has 1 N–H and O–H groups in total. The van der Waals surface area contributed by atoms with Crippen LogP contribution in [0.4, 0.5) is 0 Å². The number of hydrogen-bond acceptors (Lipinski definition) is 4. The zero-order chi connectivity index (χ0) is 17.1. The summed E-state index contributed by atoms with van der Waals surface area (Å²) in [6.45, 7) is 7.22. The molecule has 24 heavy (non-hydrogen) atoms. The fourth-order valence-electron chi connectivity index (χ4n) is 3.18. The number of aryl methyl sites for hydroxylation is 1. The summed E-state index contributed by atoms with van der Waals surface area (Å²) < 4.78 is 3.95. The Labute approximate surface area is 142 Å². The van der Waals surface area contributed by atoms with Crippen molar-refractivity contribution in [3.05, 3.63) is 35.9 Å². The van der Waals surface area contributed by atoms with E-state index in [0.717, 1.165) is 26.1 Å². The minimum absolute atomic E-state index is 0.0266. The molecule has 0 radical (unpaired) electrons. The summed E-state index contributed by atoms with van der Waals surface area (Å²) in [7, 11) is 1.94. The molecule has 130 valence electrons. The van der Waals surface area contributed by atoms with Crippen LogP contribution in [0.1, 0.15) is 37.6 Å². The van der Waals surface area contributed by atoms with Crippen LogP contribution in [0.15, 0.2) is 24.7 Å². The van der Waals surface area contributed by atoms with Gasteiger partial charge in [0, 0.05) is 57.1 Å². The van der Waals surface area contributed by atoms with Crippen molar-refractivity contribution in [2.45, 2.75) is 39.4 Å². The highest BCUT2D eigenvalue weighted by Gasteiger charge is 2.25. The van der Waals surface area contributed by atoms with Gasteiger partial charge < -0.3 is 5.32 Å². The van der Waals surface area contributed by atoms with Gasteiger partial charge in [0.25, 0.3) is 0 Å². The standard InChI is InChI=1S/C17H26N6O/c1-13(2)17(24)18-6-4-15-11-22(10-14-8-20-21(3)9-14)12-16-5-7-19-23(15)16/h5,7-9,13,15H,4,6,10-12H2,1-3H3,(H,18,24). The third-order valence-electron chi connectivity index (χ3n) is 4.42. The molecule has 0 saturated carbocycles. The van der Waals surface area contributed by atoms with Crippen molar-refractivity contribution in [3.63, 3.8) is 0 Å². The number of rotatable bonds is 6. The average Bonchev–Trinajstić information content (AvgIpc) is 3.16. The first-order valence-electron chi connectivity index (χ1n) is 8.53. The van der Waals surface area contributed by atoms with Gasteiger partial charge in [0.2, 0.25) is 5.91 Å². The summed E-state index contributed by atoms with van der Waals surface area (Å²) in [5.74, 6) is 0.136. The van der Waals surface area contributed by atoms with Crippen LogP contribution >= 0.6 is 0 Å². The van der Waals surface area contributed by atoms with Crippen LogP contribution < -0.4 is 5.32 Å². The smallest absolute Gasteiger partial charge is 0.222 e. The minimum Gasteiger partial charge on any atom is -0.356 e. The third kappa shape index (κ3) is 3.84. The Morgan fingerprint density at radius 2 is 2.25 bits per heavy atom. The number of nitrogens with one attached hydrogen (secondary N) is 1. The Hall–Kier alpha value is -2.15. The minimum atomic E-state index is 0.0266. The van der Waals surface area contributed by atoms with Gasteiger partial charge in [-0.3, -0.25) is 19.1 Å². The molecule has 1 atom stereocenters. The van der Waals surface area contributed by atoms with Gasteiger partial charge in [-0.05, 0) is 12.5 Å². The zero-order valence-electron chi connectivity index (χ0n) is 14.6. The lowest BCUT2D eigenvalue weighted by molar-refractivity contribution is -0.124. The highest BCUT2D eigenvalue weighted by Crippen LogP contribution is 2.24. The largest absolute Gasteiger partial charge is 0.356 e. The van der Waals surface area contributed by atoms with Crippen molar-refractivity contribution in [2.75, 3.05) is 13.1 Å². The maximum Gasteiger partial charge on any atom is 0.222 e. The number of hydrogen-bond donors (Lipinski definition) is 1. The fourth-order valence-corrected chi connectivity index (χ4v) is 3.18. The summed E-state index contributed by atoms with van der Waals surface area (Å²) in [5.41, 5.74) is 2.45. The molecule has 7 heteroatoms. The second kappa shape index (κ2) is 7.17. The maximum absolute atomic E-state index is 11.7. The van der Waals surface area contributed by atoms with Crippen LogP contribution in [0.2, 0.25) is 0 Å². The van der Waals surface area contributed by atoms with E-state index in [1.807, 2.05) is 38.0 Å². The van der Waals surface area contributed by atoms with E-state index >= 15 is 0 Å². The highest BCUT2D eigenvalue weighted by molar-refractivity contribution is 5.77. The predicted octanol–water partition coefficient (Wildman–Crippen LogP) is 1.34. The molecular weight excluding hydrogens is 304 g/mol. The van der Waals surface area contributed by atoms with Crippen LogP contribution in [0, 0.1) is 5.92 Å². The molecule has 0 saturated heterocycles. The molecule has 0 aromatic carbocycles. The Bertz CT molecular complexity index is 689. The van der Waals surface area contributed by atoms with E-state index in [2.05, 4.69) is 37.4 Å². The molecule has 3 heterocycles. The van der Waals surface area contributed by atoms with Gasteiger partial charge in [-0.1, -0.05) is 13.8 Å². The molecule has 1 aliphatic rings. The summed E-state index contributed by atoms with van der Waals surface area (Å²) in [6, 6.07) is 2.36. The molecule has 0 bridgehead atoms. The normalized spacial score (nSPS) is 17.9. The van der Waals surface area contributed by atoms with E-state index in [-0.39, 0.29) is 17.9 Å². The molecule has 0 fully saturated rings. The predicted molar refractivity (Wildman–Crippen MR) is 91.1 cm³/mol. The lowest BCUT2D eigenvalue weighted by Crippen LogP contribution is -2.39. The monoisotopic (exact) mass is 330 g/mol. The second-order valence-corrected chi connectivity index (χ2v) is 6.85. The lowest BCUT2D eigenvalue weighted by atomic mass is 10.1. The SMILES string of the molecule is CC(C)C(=O)NCCC1CN(Cc2cnn(C)c2)Cc2ccnn21. The van der Waals surface area contributed by atoms with Crippen LogP contribution in [0.25, 0.3) is 0 Å². The van der Waals surface area contributed by atoms with Gasteiger partial charge in [0.1, 0.15) is 0 Å². The van der Waals surface area contributed by atoms with Crippen molar-refractivity contribution < 1.29 is 4.79 Å². The average molecular weight is 330 g/mol. The number of fused-ring (bicyclic) bond motifs is 1. The molecule has 1 amide bonds. The van der Waals surface area contributed by atoms with Crippen LogP contribution in [0.3, 0.4) is 0 Å². The number of aromatic nitrogens is 4. The molecule has 0 spiro atoms. The molecule has 3 rings (SSSR count). The van der Waals surface area contributed by atoms with Gasteiger partial charge >= 0.3 is 0 Å². The first kappa shape index (κ1) is 16.7. The number of nitrogens with zero attached hydrogens (tertiary/aromatic N) is 5. The second-order valence-electron chi connectivity index (χ2n) is 6.85. The molecule has 7 nitrogen and oxygen atoms in total. The summed E-state index contributed by atoms with van der Waals surface area (Å²) in [5, 5.41) is 11.7. The Kier molecular flexibility index (Phi) is 4.99. The van der Waals surface area contributed by atoms with E-state index in [9.17, 15) is 4.79 Å². The zero-order valence-corrected chi connectivity index (χ0v) is 14.6. The fraction of sp³-hybridized carbons (Fsp3) is 0.588.